The van der Waals surface area contributed by atoms with Crippen molar-refractivity contribution in [2.45, 2.75) is 32.9 Å². The summed E-state index contributed by atoms with van der Waals surface area (Å²) in [5.74, 6) is 0.00944. The van der Waals surface area contributed by atoms with Crippen LogP contribution < -0.4 is 10.1 Å². The zero-order chi connectivity index (χ0) is 16.7. The summed E-state index contributed by atoms with van der Waals surface area (Å²) >= 11 is 0. The van der Waals surface area contributed by atoms with Crippen molar-refractivity contribution in [1.29, 1.82) is 0 Å². The molecule has 1 unspecified atom stereocenters. The van der Waals surface area contributed by atoms with Gasteiger partial charge in [0.2, 0.25) is 0 Å². The Labute approximate surface area is 137 Å². The molecule has 0 saturated carbocycles. The summed E-state index contributed by atoms with van der Waals surface area (Å²) in [6, 6.07) is 15.0. The van der Waals surface area contributed by atoms with Gasteiger partial charge in [0.05, 0.1) is 5.56 Å². The van der Waals surface area contributed by atoms with E-state index in [2.05, 4.69) is 12.2 Å². The van der Waals surface area contributed by atoms with Gasteiger partial charge < -0.3 is 15.2 Å². The predicted octanol–water partition coefficient (Wildman–Crippen LogP) is 3.64. The molecule has 0 radical (unpaired) electrons. The molecule has 0 aliphatic heterocycles. The van der Waals surface area contributed by atoms with Crippen LogP contribution in [-0.2, 0) is 6.54 Å². The molecule has 1 atom stereocenters. The summed E-state index contributed by atoms with van der Waals surface area (Å²) in [4.78, 5) is 11.0. The van der Waals surface area contributed by atoms with Crippen LogP contribution in [0, 0.1) is 6.92 Å². The molecule has 0 heterocycles. The largest absolute Gasteiger partial charge is 0.489 e. The molecule has 122 valence electrons. The van der Waals surface area contributed by atoms with Gasteiger partial charge in [-0.05, 0) is 42.7 Å². The molecule has 4 nitrogen and oxygen atoms in total. The second-order valence-corrected chi connectivity index (χ2v) is 5.55. The molecule has 2 N–H and O–H groups in total. The van der Waals surface area contributed by atoms with Crippen LogP contribution in [-0.4, -0.2) is 23.7 Å². The van der Waals surface area contributed by atoms with Crippen LogP contribution in [0.25, 0.3) is 0 Å². The number of carbonyl (C=O) groups is 1. The molecular formula is C19H23NO3. The normalized spacial score (nSPS) is 11.9. The number of hydrogen-bond acceptors (Lipinski definition) is 3. The van der Waals surface area contributed by atoms with E-state index in [1.54, 1.807) is 18.2 Å². The monoisotopic (exact) mass is 313 g/mol. The van der Waals surface area contributed by atoms with E-state index in [0.29, 0.717) is 18.7 Å². The Morgan fingerprint density at radius 3 is 2.70 bits per heavy atom. The predicted molar refractivity (Wildman–Crippen MR) is 91.0 cm³/mol. The number of benzene rings is 2. The molecule has 0 bridgehead atoms. The van der Waals surface area contributed by atoms with E-state index in [1.165, 1.54) is 0 Å². The van der Waals surface area contributed by atoms with Crippen LogP contribution in [0.1, 0.15) is 34.8 Å². The first-order valence-corrected chi connectivity index (χ1v) is 7.85. The van der Waals surface area contributed by atoms with Gasteiger partial charge in [-0.2, -0.15) is 0 Å². The van der Waals surface area contributed by atoms with Crippen molar-refractivity contribution in [2.75, 3.05) is 6.54 Å². The first-order chi connectivity index (χ1) is 11.1. The van der Waals surface area contributed by atoms with Crippen molar-refractivity contribution >= 4 is 5.97 Å². The Kier molecular flexibility index (Phi) is 6.18. The summed E-state index contributed by atoms with van der Waals surface area (Å²) in [6.07, 6.45) is 0.981. The minimum Gasteiger partial charge on any atom is -0.489 e. The van der Waals surface area contributed by atoms with Gasteiger partial charge in [-0.25, -0.2) is 4.79 Å². The summed E-state index contributed by atoms with van der Waals surface area (Å²) < 4.78 is 6.04. The average molecular weight is 313 g/mol. The Bertz CT molecular complexity index is 655. The van der Waals surface area contributed by atoms with E-state index < -0.39 is 5.97 Å². The molecule has 0 aromatic heterocycles. The van der Waals surface area contributed by atoms with Crippen LogP contribution in [0.2, 0.25) is 0 Å². The third-order valence-electron chi connectivity index (χ3n) is 3.72. The Balaban J connectivity index is 1.87. The van der Waals surface area contributed by atoms with Crippen LogP contribution >= 0.6 is 0 Å². The fourth-order valence-corrected chi connectivity index (χ4v) is 2.33. The number of carboxylic acid groups (broad SMARTS) is 1. The van der Waals surface area contributed by atoms with Crippen molar-refractivity contribution in [1.82, 2.24) is 5.32 Å². The number of hydrogen-bond donors (Lipinski definition) is 2. The van der Waals surface area contributed by atoms with Gasteiger partial charge in [0, 0.05) is 13.1 Å². The molecule has 2 aromatic carbocycles. The van der Waals surface area contributed by atoms with Crippen LogP contribution in [0.15, 0.2) is 48.5 Å². The minimum absolute atomic E-state index is 0.0822. The van der Waals surface area contributed by atoms with Gasteiger partial charge in [-0.15, -0.1) is 0 Å². The van der Waals surface area contributed by atoms with E-state index in [1.807, 2.05) is 37.3 Å². The summed E-state index contributed by atoms with van der Waals surface area (Å²) in [6.45, 7) is 5.46. The molecule has 0 aliphatic rings. The molecule has 0 aliphatic carbocycles. The van der Waals surface area contributed by atoms with Crippen molar-refractivity contribution < 1.29 is 14.6 Å². The maximum Gasteiger partial charge on any atom is 0.335 e. The van der Waals surface area contributed by atoms with E-state index in [-0.39, 0.29) is 6.10 Å². The second-order valence-electron chi connectivity index (χ2n) is 5.55. The SMILES string of the molecule is CCC(CNCc1cccc(C(=O)O)c1)Oc1ccccc1C. The first-order valence-electron chi connectivity index (χ1n) is 7.85. The molecule has 2 rings (SSSR count). The minimum atomic E-state index is -0.902. The highest BCUT2D eigenvalue weighted by Gasteiger charge is 2.09. The highest BCUT2D eigenvalue weighted by Crippen LogP contribution is 2.18. The topological polar surface area (TPSA) is 58.6 Å². The van der Waals surface area contributed by atoms with E-state index in [4.69, 9.17) is 9.84 Å². The molecule has 2 aromatic rings. The number of aryl methyl sites for hydroxylation is 1. The molecule has 0 spiro atoms. The van der Waals surface area contributed by atoms with Crippen molar-refractivity contribution in [3.8, 4) is 5.75 Å². The number of para-hydroxylation sites is 1. The number of nitrogens with one attached hydrogen (secondary N) is 1. The average Bonchev–Trinajstić information content (AvgIpc) is 2.56. The molecule has 23 heavy (non-hydrogen) atoms. The number of aromatic carboxylic acids is 1. The Morgan fingerprint density at radius 2 is 2.00 bits per heavy atom. The Morgan fingerprint density at radius 1 is 1.22 bits per heavy atom. The third kappa shape index (κ3) is 5.11. The fraction of sp³-hybridized carbons (Fsp3) is 0.316. The maximum atomic E-state index is 11.0. The van der Waals surface area contributed by atoms with Gasteiger partial charge in [-0.3, -0.25) is 0 Å². The second kappa shape index (κ2) is 8.34. The van der Waals surface area contributed by atoms with Gasteiger partial charge in [0.15, 0.2) is 0 Å². The van der Waals surface area contributed by atoms with Gasteiger partial charge in [0.1, 0.15) is 11.9 Å². The smallest absolute Gasteiger partial charge is 0.335 e. The van der Waals surface area contributed by atoms with Gasteiger partial charge in [0.25, 0.3) is 0 Å². The van der Waals surface area contributed by atoms with Crippen molar-refractivity contribution in [2.24, 2.45) is 0 Å². The number of ether oxygens (including phenoxy) is 1. The molecule has 4 heteroatoms. The highest BCUT2D eigenvalue weighted by atomic mass is 16.5. The van der Waals surface area contributed by atoms with E-state index >= 15 is 0 Å². The lowest BCUT2D eigenvalue weighted by Gasteiger charge is -2.19. The molecule has 0 saturated heterocycles. The lowest BCUT2D eigenvalue weighted by molar-refractivity contribution is 0.0696. The Hall–Kier alpha value is -2.33. The lowest BCUT2D eigenvalue weighted by atomic mass is 10.1. The zero-order valence-corrected chi connectivity index (χ0v) is 13.6. The van der Waals surface area contributed by atoms with Gasteiger partial charge >= 0.3 is 5.97 Å². The quantitative estimate of drug-likeness (QED) is 0.781. The van der Waals surface area contributed by atoms with Crippen molar-refractivity contribution in [3.05, 3.63) is 65.2 Å². The highest BCUT2D eigenvalue weighted by molar-refractivity contribution is 5.87. The maximum absolute atomic E-state index is 11.0. The summed E-state index contributed by atoms with van der Waals surface area (Å²) in [5.41, 5.74) is 2.39. The van der Waals surface area contributed by atoms with Gasteiger partial charge in [-0.1, -0.05) is 37.3 Å². The molecule has 0 amide bonds. The van der Waals surface area contributed by atoms with Crippen LogP contribution in [0.4, 0.5) is 0 Å². The standard InChI is InChI=1S/C19H23NO3/c1-3-17(23-18-10-5-4-7-14(18)2)13-20-12-15-8-6-9-16(11-15)19(21)22/h4-11,17,20H,3,12-13H2,1-2H3,(H,21,22). The van der Waals surface area contributed by atoms with E-state index in [9.17, 15) is 4.79 Å². The number of rotatable bonds is 8. The molecular weight excluding hydrogens is 290 g/mol. The van der Waals surface area contributed by atoms with Crippen LogP contribution in [0.3, 0.4) is 0 Å². The van der Waals surface area contributed by atoms with Crippen LogP contribution in [0.5, 0.6) is 5.75 Å². The third-order valence-corrected chi connectivity index (χ3v) is 3.72. The zero-order valence-electron chi connectivity index (χ0n) is 13.6. The lowest BCUT2D eigenvalue weighted by Crippen LogP contribution is -2.30. The van der Waals surface area contributed by atoms with E-state index in [0.717, 1.165) is 23.3 Å². The molecule has 0 fully saturated rings. The first kappa shape index (κ1) is 17.0. The van der Waals surface area contributed by atoms with Crippen molar-refractivity contribution in [3.63, 3.8) is 0 Å². The summed E-state index contributed by atoms with van der Waals surface area (Å²) in [7, 11) is 0. The summed E-state index contributed by atoms with van der Waals surface area (Å²) in [5, 5.41) is 12.4. The number of carboxylic acids is 1. The fourth-order valence-electron chi connectivity index (χ4n) is 2.33.